The first kappa shape index (κ1) is 16.4. The van der Waals surface area contributed by atoms with E-state index in [0.717, 1.165) is 6.42 Å². The van der Waals surface area contributed by atoms with Crippen molar-refractivity contribution in [2.75, 3.05) is 0 Å². The fraction of sp³-hybridized carbons (Fsp3) is 1.00. The second-order valence-electron chi connectivity index (χ2n) is 5.30. The summed E-state index contributed by atoms with van der Waals surface area (Å²) in [4.78, 5) is 0. The molecule has 98 valence electrons. The molecule has 0 radical (unpaired) electrons. The normalized spacial score (nSPS) is 19.1. The molecule has 16 heavy (non-hydrogen) atoms. The summed E-state index contributed by atoms with van der Waals surface area (Å²) in [5.74, 6) is 0.640. The maximum atomic E-state index is 6.70. The van der Waals surface area contributed by atoms with Crippen molar-refractivity contribution in [3.63, 3.8) is 0 Å². The maximum Gasteiger partial charge on any atom is 0.0243 e. The molecule has 4 atom stereocenters. The molecule has 4 unspecified atom stereocenters. The van der Waals surface area contributed by atoms with Crippen molar-refractivity contribution in [1.29, 1.82) is 0 Å². The third-order valence-electron chi connectivity index (χ3n) is 3.88. The van der Waals surface area contributed by atoms with Gasteiger partial charge in [0.1, 0.15) is 0 Å². The predicted octanol–water partition coefficient (Wildman–Crippen LogP) is 4.35. The lowest BCUT2D eigenvalue weighted by molar-refractivity contribution is 0.235. The summed E-state index contributed by atoms with van der Waals surface area (Å²) in [5, 5.41) is 0. The van der Waals surface area contributed by atoms with Crippen LogP contribution in [-0.2, 0) is 0 Å². The molecular formula is C14H32NP. The molecule has 1 nitrogen and oxygen atoms in total. The van der Waals surface area contributed by atoms with E-state index in [1.54, 1.807) is 0 Å². The summed E-state index contributed by atoms with van der Waals surface area (Å²) < 4.78 is 0. The second kappa shape index (κ2) is 8.48. The van der Waals surface area contributed by atoms with Crippen LogP contribution in [0.15, 0.2) is 0 Å². The minimum absolute atomic E-state index is 0.0323. The van der Waals surface area contributed by atoms with Crippen LogP contribution in [0.5, 0.6) is 0 Å². The van der Waals surface area contributed by atoms with E-state index < -0.39 is 0 Å². The zero-order valence-corrected chi connectivity index (χ0v) is 12.9. The largest absolute Gasteiger partial charge is 0.324 e. The molecule has 0 amide bonds. The van der Waals surface area contributed by atoms with Gasteiger partial charge in [0.15, 0.2) is 0 Å². The number of nitrogens with two attached hydrogens (primary N) is 1. The van der Waals surface area contributed by atoms with Gasteiger partial charge >= 0.3 is 0 Å². The van der Waals surface area contributed by atoms with Crippen molar-refractivity contribution in [1.82, 2.24) is 0 Å². The SMILES string of the molecule is CCCCC(C)C(N)(CCC)C(P)CCC. The number of hydrogen-bond acceptors (Lipinski definition) is 1. The number of hydrogen-bond donors (Lipinski definition) is 1. The summed E-state index contributed by atoms with van der Waals surface area (Å²) in [6.07, 6.45) is 8.69. The molecule has 0 aliphatic heterocycles. The number of rotatable bonds is 9. The van der Waals surface area contributed by atoms with Crippen LogP contribution < -0.4 is 5.73 Å². The highest BCUT2D eigenvalue weighted by molar-refractivity contribution is 7.17. The molecule has 0 aliphatic rings. The molecule has 0 bridgehead atoms. The summed E-state index contributed by atoms with van der Waals surface area (Å²) in [5.41, 5.74) is 7.31. The summed E-state index contributed by atoms with van der Waals surface area (Å²) in [6.45, 7) is 9.10. The van der Waals surface area contributed by atoms with E-state index in [1.807, 2.05) is 0 Å². The smallest absolute Gasteiger partial charge is 0.0243 e. The van der Waals surface area contributed by atoms with E-state index >= 15 is 0 Å². The Morgan fingerprint density at radius 3 is 2.12 bits per heavy atom. The zero-order chi connectivity index (χ0) is 12.6. The van der Waals surface area contributed by atoms with E-state index in [4.69, 9.17) is 5.73 Å². The molecule has 0 aliphatic carbocycles. The Kier molecular flexibility index (Phi) is 8.68. The molecular weight excluding hydrogens is 213 g/mol. The molecule has 0 rings (SSSR count). The Labute approximate surface area is 105 Å². The first-order valence-corrected chi connectivity index (χ1v) is 7.73. The highest BCUT2D eigenvalue weighted by atomic mass is 31.0. The maximum absolute atomic E-state index is 6.70. The quantitative estimate of drug-likeness (QED) is 0.600. The molecule has 0 fully saturated rings. The van der Waals surface area contributed by atoms with E-state index in [1.165, 1.54) is 38.5 Å². The van der Waals surface area contributed by atoms with Gasteiger partial charge in [0.2, 0.25) is 0 Å². The predicted molar refractivity (Wildman–Crippen MR) is 78.9 cm³/mol. The summed E-state index contributed by atoms with van der Waals surface area (Å²) >= 11 is 0. The molecule has 2 heteroatoms. The molecule has 0 saturated carbocycles. The van der Waals surface area contributed by atoms with Crippen LogP contribution in [0.1, 0.15) is 72.6 Å². The first-order chi connectivity index (χ1) is 7.52. The zero-order valence-electron chi connectivity index (χ0n) is 11.8. The minimum Gasteiger partial charge on any atom is -0.324 e. The van der Waals surface area contributed by atoms with E-state index in [-0.39, 0.29) is 5.54 Å². The number of unbranched alkanes of at least 4 members (excludes halogenated alkanes) is 1. The van der Waals surface area contributed by atoms with E-state index in [0.29, 0.717) is 11.6 Å². The summed E-state index contributed by atoms with van der Waals surface area (Å²) in [7, 11) is 3.01. The highest BCUT2D eigenvalue weighted by Crippen LogP contribution is 2.34. The van der Waals surface area contributed by atoms with Gasteiger partial charge in [-0.25, -0.2) is 0 Å². The van der Waals surface area contributed by atoms with Gasteiger partial charge < -0.3 is 5.73 Å². The Morgan fingerprint density at radius 1 is 1.06 bits per heavy atom. The van der Waals surface area contributed by atoms with E-state index in [2.05, 4.69) is 36.9 Å². The van der Waals surface area contributed by atoms with Crippen LogP contribution in [0.3, 0.4) is 0 Å². The average molecular weight is 245 g/mol. The van der Waals surface area contributed by atoms with Crippen LogP contribution in [0.4, 0.5) is 0 Å². The minimum atomic E-state index is 0.0323. The fourth-order valence-corrected chi connectivity index (χ4v) is 3.42. The van der Waals surface area contributed by atoms with Gasteiger partial charge in [0, 0.05) is 5.54 Å². The van der Waals surface area contributed by atoms with Gasteiger partial charge in [-0.1, -0.05) is 53.4 Å². The molecule has 0 saturated heterocycles. The lowest BCUT2D eigenvalue weighted by Crippen LogP contribution is -2.53. The second-order valence-corrected chi connectivity index (χ2v) is 6.11. The van der Waals surface area contributed by atoms with Crippen molar-refractivity contribution >= 4 is 9.24 Å². The van der Waals surface area contributed by atoms with Crippen LogP contribution in [0, 0.1) is 5.92 Å². The van der Waals surface area contributed by atoms with Crippen molar-refractivity contribution in [3.8, 4) is 0 Å². The lowest BCUT2D eigenvalue weighted by atomic mass is 9.75. The van der Waals surface area contributed by atoms with Crippen LogP contribution >= 0.6 is 9.24 Å². The van der Waals surface area contributed by atoms with Gasteiger partial charge in [-0.3, -0.25) is 0 Å². The molecule has 0 aromatic heterocycles. The first-order valence-electron chi connectivity index (χ1n) is 7.07. The van der Waals surface area contributed by atoms with Gasteiger partial charge in [-0.05, 0) is 30.8 Å². The Morgan fingerprint density at radius 2 is 1.69 bits per heavy atom. The van der Waals surface area contributed by atoms with Crippen molar-refractivity contribution < 1.29 is 0 Å². The molecule has 2 N–H and O–H groups in total. The Balaban J connectivity index is 4.51. The van der Waals surface area contributed by atoms with Crippen LogP contribution in [0.25, 0.3) is 0 Å². The van der Waals surface area contributed by atoms with Gasteiger partial charge in [0.05, 0.1) is 0 Å². The monoisotopic (exact) mass is 245 g/mol. The average Bonchev–Trinajstić information content (AvgIpc) is 2.26. The van der Waals surface area contributed by atoms with Crippen LogP contribution in [-0.4, -0.2) is 11.2 Å². The third-order valence-corrected chi connectivity index (χ3v) is 4.84. The molecule has 0 heterocycles. The van der Waals surface area contributed by atoms with Gasteiger partial charge in [-0.2, -0.15) is 0 Å². The van der Waals surface area contributed by atoms with Gasteiger partial charge in [0.25, 0.3) is 0 Å². The molecule has 0 aromatic carbocycles. The lowest BCUT2D eigenvalue weighted by Gasteiger charge is -2.41. The topological polar surface area (TPSA) is 26.0 Å². The van der Waals surface area contributed by atoms with Crippen LogP contribution in [0.2, 0.25) is 0 Å². The highest BCUT2D eigenvalue weighted by Gasteiger charge is 2.35. The fourth-order valence-electron chi connectivity index (χ4n) is 2.59. The summed E-state index contributed by atoms with van der Waals surface area (Å²) in [6, 6.07) is 0. The molecule has 0 aromatic rings. The van der Waals surface area contributed by atoms with E-state index in [9.17, 15) is 0 Å². The Bertz CT molecular complexity index is 172. The molecule has 0 spiro atoms. The van der Waals surface area contributed by atoms with Crippen molar-refractivity contribution in [2.24, 2.45) is 11.7 Å². The van der Waals surface area contributed by atoms with Gasteiger partial charge in [-0.15, -0.1) is 9.24 Å². The standard InChI is InChI=1S/C14H32NP/c1-5-8-10-12(4)14(15,11-7-3)13(16)9-6-2/h12-13H,5-11,15-16H2,1-4H3. The van der Waals surface area contributed by atoms with Crippen molar-refractivity contribution in [3.05, 3.63) is 0 Å². The Hall–Kier alpha value is 0.390. The third kappa shape index (κ3) is 4.72. The van der Waals surface area contributed by atoms with Crippen molar-refractivity contribution in [2.45, 2.75) is 83.8 Å².